The Morgan fingerprint density at radius 1 is 0.794 bits per heavy atom. The summed E-state index contributed by atoms with van der Waals surface area (Å²) in [5.41, 5.74) is -0.224. The average Bonchev–Trinajstić information content (AvgIpc) is 3.08. The maximum Gasteiger partial charge on any atom is 0.340 e. The zero-order valence-corrected chi connectivity index (χ0v) is 17.9. The van der Waals surface area contributed by atoms with Crippen LogP contribution in [0.15, 0.2) is 59.6 Å². The van der Waals surface area contributed by atoms with Crippen LogP contribution >= 0.6 is 12.2 Å². The van der Waals surface area contributed by atoms with Crippen LogP contribution in [0.3, 0.4) is 0 Å². The van der Waals surface area contributed by atoms with Gasteiger partial charge in [0.15, 0.2) is 5.60 Å². The third kappa shape index (κ3) is 2.45. The number of carbonyl (C=O) groups is 1. The number of phenols is 4. The van der Waals surface area contributed by atoms with Gasteiger partial charge in [-0.15, -0.1) is 0 Å². The molecule has 0 bridgehead atoms. The number of phenolic OH excluding ortho intramolecular Hbond substituents is 4. The van der Waals surface area contributed by atoms with Crippen molar-refractivity contribution in [2.24, 2.45) is 4.99 Å². The first-order valence-corrected chi connectivity index (χ1v) is 10.4. The van der Waals surface area contributed by atoms with Crippen LogP contribution in [-0.2, 0) is 10.3 Å². The SMILES string of the molecule is O=C1OC2(c3ccc(O)cc3Oc3cc(O)ccc32)c2cc(N=C=S)c3c(O)ccc(O)c3c21. The smallest absolute Gasteiger partial charge is 0.340 e. The first kappa shape index (κ1) is 20.0. The number of aliphatic imine (C=N–C) groups is 1. The molecule has 0 amide bonds. The summed E-state index contributed by atoms with van der Waals surface area (Å²) < 4.78 is 12.0. The highest BCUT2D eigenvalue weighted by Gasteiger charge is 2.55. The van der Waals surface area contributed by atoms with Crippen LogP contribution in [0.5, 0.6) is 34.5 Å². The lowest BCUT2D eigenvalue weighted by atomic mass is 9.76. The molecule has 1 spiro atoms. The van der Waals surface area contributed by atoms with Crippen LogP contribution in [-0.4, -0.2) is 31.6 Å². The molecule has 0 fully saturated rings. The molecule has 6 rings (SSSR count). The predicted octanol–water partition coefficient (Wildman–Crippen LogP) is 4.96. The Morgan fingerprint density at radius 2 is 1.38 bits per heavy atom. The van der Waals surface area contributed by atoms with Crippen molar-refractivity contribution in [1.29, 1.82) is 0 Å². The molecule has 4 N–H and O–H groups in total. The van der Waals surface area contributed by atoms with E-state index in [9.17, 15) is 25.2 Å². The molecular formula is C25H13NO7S. The average molecular weight is 471 g/mol. The molecule has 9 heteroatoms. The number of benzene rings is 4. The maximum absolute atomic E-state index is 13.4. The van der Waals surface area contributed by atoms with Gasteiger partial charge in [0, 0.05) is 34.2 Å². The highest BCUT2D eigenvalue weighted by molar-refractivity contribution is 7.78. The molecule has 0 radical (unpaired) electrons. The Hall–Kier alpha value is -4.59. The molecule has 0 aliphatic carbocycles. The monoisotopic (exact) mass is 471 g/mol. The molecule has 34 heavy (non-hydrogen) atoms. The zero-order chi connectivity index (χ0) is 23.8. The van der Waals surface area contributed by atoms with Crippen molar-refractivity contribution in [3.05, 3.63) is 76.9 Å². The lowest BCUT2D eigenvalue weighted by Gasteiger charge is -2.36. The van der Waals surface area contributed by atoms with Crippen LogP contribution in [0.2, 0.25) is 0 Å². The lowest BCUT2D eigenvalue weighted by Crippen LogP contribution is -2.32. The van der Waals surface area contributed by atoms with Gasteiger partial charge in [-0.25, -0.2) is 4.79 Å². The highest BCUT2D eigenvalue weighted by Crippen LogP contribution is 2.59. The lowest BCUT2D eigenvalue weighted by molar-refractivity contribution is 0.0225. The van der Waals surface area contributed by atoms with E-state index < -0.39 is 11.6 Å². The molecule has 0 atom stereocenters. The van der Waals surface area contributed by atoms with Gasteiger partial charge in [-0.1, -0.05) is 0 Å². The molecule has 166 valence electrons. The zero-order valence-electron chi connectivity index (χ0n) is 17.1. The fourth-order valence-electron chi connectivity index (χ4n) is 4.82. The van der Waals surface area contributed by atoms with Gasteiger partial charge in [0.25, 0.3) is 0 Å². The molecule has 2 heterocycles. The third-order valence-corrected chi connectivity index (χ3v) is 6.21. The van der Waals surface area contributed by atoms with Gasteiger partial charge >= 0.3 is 5.97 Å². The largest absolute Gasteiger partial charge is 0.508 e. The second kappa shape index (κ2) is 6.71. The fraction of sp³-hybridized carbons (Fsp3) is 0.0400. The van der Waals surface area contributed by atoms with Gasteiger partial charge in [0.1, 0.15) is 34.5 Å². The molecule has 0 saturated heterocycles. The molecule has 8 nitrogen and oxygen atoms in total. The van der Waals surface area contributed by atoms with Crippen LogP contribution in [0, 0.1) is 0 Å². The summed E-state index contributed by atoms with van der Waals surface area (Å²) in [4.78, 5) is 17.5. The Morgan fingerprint density at radius 3 is 1.97 bits per heavy atom. The van der Waals surface area contributed by atoms with Crippen molar-refractivity contribution >= 4 is 39.8 Å². The number of carbonyl (C=O) groups excluding carboxylic acids is 1. The van der Waals surface area contributed by atoms with Gasteiger partial charge in [-0.05, 0) is 54.7 Å². The molecule has 0 saturated carbocycles. The Kier molecular flexibility index (Phi) is 3.96. The Labute approximate surface area is 196 Å². The van der Waals surface area contributed by atoms with Crippen molar-refractivity contribution in [3.63, 3.8) is 0 Å². The van der Waals surface area contributed by atoms with E-state index in [1.165, 1.54) is 36.4 Å². The maximum atomic E-state index is 13.4. The van der Waals surface area contributed by atoms with Gasteiger partial charge < -0.3 is 29.9 Å². The molecule has 2 aliphatic heterocycles. The first-order chi connectivity index (χ1) is 16.3. The standard InChI is InChI=1S/C25H13NO7S/c27-11-1-3-13-19(7-11)32-20-8-12(28)2-4-14(20)25(13)15-9-16(26-10-34)22-17(29)5-6-18(30)23(22)21(15)24(31)33-25/h1-9,27-30H. The van der Waals surface area contributed by atoms with E-state index in [0.717, 1.165) is 0 Å². The summed E-state index contributed by atoms with van der Waals surface area (Å²) in [6, 6.07) is 12.8. The number of ether oxygens (including phenoxy) is 2. The minimum absolute atomic E-state index is 0.0340. The predicted molar refractivity (Wildman–Crippen MR) is 124 cm³/mol. The Bertz CT molecular complexity index is 1590. The fourth-order valence-corrected chi connectivity index (χ4v) is 4.92. The third-order valence-electron chi connectivity index (χ3n) is 6.12. The van der Waals surface area contributed by atoms with E-state index >= 15 is 0 Å². The summed E-state index contributed by atoms with van der Waals surface area (Å²) >= 11 is 4.79. The quantitative estimate of drug-likeness (QED) is 0.133. The van der Waals surface area contributed by atoms with Crippen molar-refractivity contribution in [2.45, 2.75) is 5.60 Å². The first-order valence-electron chi connectivity index (χ1n) is 10.0. The number of fused-ring (bicyclic) bond motifs is 8. The number of thiocarbonyl (C=S) groups is 1. The topological polar surface area (TPSA) is 129 Å². The van der Waals surface area contributed by atoms with E-state index in [4.69, 9.17) is 21.7 Å². The Balaban J connectivity index is 1.83. The number of aromatic hydroxyl groups is 4. The summed E-state index contributed by atoms with van der Waals surface area (Å²) in [5, 5.41) is 43.8. The molecule has 0 aromatic heterocycles. The number of isothiocyanates is 1. The molecule has 2 aliphatic rings. The molecule has 0 unspecified atom stereocenters. The van der Waals surface area contributed by atoms with Crippen molar-refractivity contribution in [3.8, 4) is 34.5 Å². The van der Waals surface area contributed by atoms with Gasteiger partial charge in [0.05, 0.1) is 21.8 Å². The molecule has 4 aromatic carbocycles. The van der Waals surface area contributed by atoms with E-state index in [1.54, 1.807) is 18.2 Å². The van der Waals surface area contributed by atoms with Crippen molar-refractivity contribution in [1.82, 2.24) is 0 Å². The summed E-state index contributed by atoms with van der Waals surface area (Å²) in [5.74, 6) is -0.959. The summed E-state index contributed by atoms with van der Waals surface area (Å²) in [6.07, 6.45) is 0. The second-order valence-corrected chi connectivity index (χ2v) is 8.09. The van der Waals surface area contributed by atoms with E-state index in [-0.39, 0.29) is 56.5 Å². The molecule has 4 aromatic rings. The minimum Gasteiger partial charge on any atom is -0.508 e. The number of hydrogen-bond donors (Lipinski definition) is 4. The minimum atomic E-state index is -1.56. The second-order valence-electron chi connectivity index (χ2n) is 7.91. The number of nitrogens with zero attached hydrogens (tertiary/aromatic N) is 1. The number of rotatable bonds is 1. The van der Waals surface area contributed by atoms with E-state index in [1.807, 2.05) is 0 Å². The van der Waals surface area contributed by atoms with E-state index in [2.05, 4.69) is 10.2 Å². The van der Waals surface area contributed by atoms with Gasteiger partial charge in [0.2, 0.25) is 0 Å². The molecular weight excluding hydrogens is 458 g/mol. The number of hydrogen-bond acceptors (Lipinski definition) is 9. The van der Waals surface area contributed by atoms with Crippen LogP contribution in [0.4, 0.5) is 5.69 Å². The van der Waals surface area contributed by atoms with E-state index in [0.29, 0.717) is 16.7 Å². The van der Waals surface area contributed by atoms with Crippen molar-refractivity contribution < 1.29 is 34.7 Å². The van der Waals surface area contributed by atoms with Crippen LogP contribution < -0.4 is 4.74 Å². The van der Waals surface area contributed by atoms with Gasteiger partial charge in [-0.2, -0.15) is 4.99 Å². The summed E-state index contributed by atoms with van der Waals surface area (Å²) in [7, 11) is 0. The van der Waals surface area contributed by atoms with Gasteiger partial charge in [-0.3, -0.25) is 0 Å². The van der Waals surface area contributed by atoms with Crippen LogP contribution in [0.25, 0.3) is 10.8 Å². The summed E-state index contributed by atoms with van der Waals surface area (Å²) in [6.45, 7) is 0. The normalized spacial score (nSPS) is 14.5. The van der Waals surface area contributed by atoms with Crippen molar-refractivity contribution in [2.75, 3.05) is 0 Å². The van der Waals surface area contributed by atoms with Crippen LogP contribution in [0.1, 0.15) is 27.0 Å². The highest BCUT2D eigenvalue weighted by atomic mass is 32.1. The number of esters is 1.